The monoisotopic (exact) mass is 619 g/mol. The molecule has 10 nitrogen and oxygen atoms in total. The van der Waals surface area contributed by atoms with Gasteiger partial charge in [0.05, 0.1) is 41.7 Å². The number of hydrogen-bond acceptors (Lipinski definition) is 9. The van der Waals surface area contributed by atoms with Gasteiger partial charge in [0.1, 0.15) is 5.75 Å². The number of aromatic nitrogens is 1. The Morgan fingerprint density at radius 3 is 2.45 bits per heavy atom. The molecular formula is C33H37N3O7S. The van der Waals surface area contributed by atoms with Crippen molar-refractivity contribution in [1.82, 2.24) is 9.47 Å². The molecule has 1 saturated heterocycles. The van der Waals surface area contributed by atoms with E-state index in [4.69, 9.17) is 18.9 Å². The maximum absolute atomic E-state index is 14.0. The van der Waals surface area contributed by atoms with E-state index >= 15 is 0 Å². The lowest BCUT2D eigenvalue weighted by atomic mass is 9.96. The number of amides is 1. The van der Waals surface area contributed by atoms with Crippen molar-refractivity contribution in [3.8, 4) is 17.2 Å². The molecule has 1 fully saturated rings. The highest BCUT2D eigenvalue weighted by Crippen LogP contribution is 2.32. The maximum Gasteiger partial charge on any atom is 0.338 e. The minimum atomic E-state index is -0.728. The highest BCUT2D eigenvalue weighted by Gasteiger charge is 2.34. The van der Waals surface area contributed by atoms with E-state index in [1.54, 1.807) is 62.8 Å². The second-order valence-electron chi connectivity index (χ2n) is 10.8. The zero-order valence-electron chi connectivity index (χ0n) is 25.6. The Kier molecular flexibility index (Phi) is 9.53. The number of carbonyl (C=O) groups is 2. The fourth-order valence-electron chi connectivity index (χ4n) is 5.31. The van der Waals surface area contributed by atoms with Crippen LogP contribution in [0.25, 0.3) is 6.08 Å². The molecule has 2 aliphatic heterocycles. The predicted octanol–water partition coefficient (Wildman–Crippen LogP) is 3.60. The highest BCUT2D eigenvalue weighted by atomic mass is 32.1. The summed E-state index contributed by atoms with van der Waals surface area (Å²) < 4.78 is 24.6. The summed E-state index contributed by atoms with van der Waals surface area (Å²) in [5.41, 5.74) is 1.96. The lowest BCUT2D eigenvalue weighted by molar-refractivity contribution is -0.143. The van der Waals surface area contributed by atoms with Crippen LogP contribution in [0.4, 0.5) is 0 Å². The highest BCUT2D eigenvalue weighted by molar-refractivity contribution is 7.07. The topological polar surface area (TPSA) is 109 Å². The number of benzene rings is 2. The molecule has 1 aromatic heterocycles. The number of allylic oxidation sites excluding steroid dienone is 1. The van der Waals surface area contributed by atoms with E-state index in [0.29, 0.717) is 50.0 Å². The van der Waals surface area contributed by atoms with E-state index in [1.165, 1.54) is 11.3 Å². The van der Waals surface area contributed by atoms with Gasteiger partial charge in [0, 0.05) is 13.1 Å². The van der Waals surface area contributed by atoms with E-state index in [-0.39, 0.29) is 24.2 Å². The van der Waals surface area contributed by atoms with Crippen LogP contribution in [0.15, 0.2) is 63.5 Å². The summed E-state index contributed by atoms with van der Waals surface area (Å²) in [6.07, 6.45) is 3.45. The van der Waals surface area contributed by atoms with Crippen LogP contribution >= 0.6 is 11.3 Å². The zero-order valence-corrected chi connectivity index (χ0v) is 26.4. The fourth-order valence-corrected chi connectivity index (χ4v) is 6.36. The van der Waals surface area contributed by atoms with E-state index in [1.807, 2.05) is 30.0 Å². The van der Waals surface area contributed by atoms with Crippen LogP contribution in [0.3, 0.4) is 0 Å². The standard InChI is InChI=1S/C33H37N3O7S/c1-6-41-26-17-22(9-14-25(26)42-19-28(37)35-15-7-8-16-35)18-27-31(38)36-30(23-10-12-24(40-5)13-11-23)29(32(39)43-20(2)3)21(4)34-33(36)44-27/h9-14,17-18,20,30H,6-8,15-16,19H2,1-5H3/b27-18+/t30-/m0/s1. The van der Waals surface area contributed by atoms with Gasteiger partial charge in [0.15, 0.2) is 22.9 Å². The number of rotatable bonds is 10. The smallest absolute Gasteiger partial charge is 0.338 e. The summed E-state index contributed by atoms with van der Waals surface area (Å²) in [5.74, 6) is 1.03. The molecule has 1 atom stereocenters. The largest absolute Gasteiger partial charge is 0.497 e. The molecule has 0 saturated carbocycles. The van der Waals surface area contributed by atoms with Crippen molar-refractivity contribution in [2.24, 2.45) is 4.99 Å². The van der Waals surface area contributed by atoms with Gasteiger partial charge in [-0.15, -0.1) is 0 Å². The first-order valence-corrected chi connectivity index (χ1v) is 15.6. The van der Waals surface area contributed by atoms with E-state index in [9.17, 15) is 14.4 Å². The van der Waals surface area contributed by atoms with Gasteiger partial charge < -0.3 is 23.8 Å². The molecule has 5 rings (SSSR count). The maximum atomic E-state index is 14.0. The molecule has 3 heterocycles. The Bertz CT molecular complexity index is 1750. The number of thiazole rings is 1. The molecule has 3 aromatic rings. The second-order valence-corrected chi connectivity index (χ2v) is 11.8. The van der Waals surface area contributed by atoms with Crippen LogP contribution < -0.4 is 29.1 Å². The van der Waals surface area contributed by atoms with Crippen LogP contribution in [0.2, 0.25) is 0 Å². The number of fused-ring (bicyclic) bond motifs is 1. The van der Waals surface area contributed by atoms with E-state index < -0.39 is 12.0 Å². The average Bonchev–Trinajstić information content (AvgIpc) is 3.64. The molecule has 0 N–H and O–H groups in total. The summed E-state index contributed by atoms with van der Waals surface area (Å²) in [4.78, 5) is 46.7. The molecular weight excluding hydrogens is 582 g/mol. The van der Waals surface area contributed by atoms with Crippen molar-refractivity contribution >= 4 is 29.3 Å². The van der Waals surface area contributed by atoms with Crippen LogP contribution in [0.5, 0.6) is 17.2 Å². The first kappa shape index (κ1) is 31.1. The van der Waals surface area contributed by atoms with E-state index in [2.05, 4.69) is 4.99 Å². The van der Waals surface area contributed by atoms with Crippen LogP contribution in [0.1, 0.15) is 57.7 Å². The summed E-state index contributed by atoms with van der Waals surface area (Å²) in [5, 5.41) is 0. The zero-order chi connectivity index (χ0) is 31.4. The quantitative estimate of drug-likeness (QED) is 0.319. The third-order valence-electron chi connectivity index (χ3n) is 7.39. The van der Waals surface area contributed by atoms with Crippen molar-refractivity contribution in [2.75, 3.05) is 33.4 Å². The SMILES string of the molecule is CCOc1cc(/C=c2/sc3n(c2=O)[C@@H](c2ccc(OC)cc2)C(C(=O)OC(C)C)=C(C)N=3)ccc1OCC(=O)N1CCCC1. The molecule has 0 spiro atoms. The number of ether oxygens (including phenoxy) is 4. The summed E-state index contributed by atoms with van der Waals surface area (Å²) in [6, 6.07) is 11.9. The molecule has 11 heteroatoms. The first-order chi connectivity index (χ1) is 21.2. The van der Waals surface area contributed by atoms with Crippen LogP contribution in [-0.4, -0.2) is 60.9 Å². The number of carbonyl (C=O) groups excluding carboxylic acids is 2. The van der Waals surface area contributed by atoms with Gasteiger partial charge in [-0.05, 0) is 82.0 Å². The first-order valence-electron chi connectivity index (χ1n) is 14.7. The van der Waals surface area contributed by atoms with Gasteiger partial charge in [-0.3, -0.25) is 14.2 Å². The number of hydrogen-bond donors (Lipinski definition) is 0. The normalized spacial score (nSPS) is 16.5. The summed E-state index contributed by atoms with van der Waals surface area (Å²) >= 11 is 1.24. The van der Waals surface area contributed by atoms with Gasteiger partial charge in [0.25, 0.3) is 11.5 Å². The van der Waals surface area contributed by atoms with Crippen LogP contribution in [-0.2, 0) is 14.3 Å². The molecule has 2 aliphatic rings. The third-order valence-corrected chi connectivity index (χ3v) is 8.37. The van der Waals surface area contributed by atoms with Gasteiger partial charge >= 0.3 is 5.97 Å². The summed E-state index contributed by atoms with van der Waals surface area (Å²) in [7, 11) is 1.58. The number of methoxy groups -OCH3 is 1. The molecule has 0 radical (unpaired) electrons. The lowest BCUT2D eigenvalue weighted by Gasteiger charge is -2.25. The molecule has 1 amide bonds. The average molecular weight is 620 g/mol. The second kappa shape index (κ2) is 13.5. The molecule has 2 aromatic carbocycles. The van der Waals surface area contributed by atoms with Crippen LogP contribution in [0, 0.1) is 0 Å². The van der Waals surface area contributed by atoms with Crippen molar-refractivity contribution in [2.45, 2.75) is 52.7 Å². The lowest BCUT2D eigenvalue weighted by Crippen LogP contribution is -2.40. The minimum Gasteiger partial charge on any atom is -0.497 e. The molecule has 0 bridgehead atoms. The summed E-state index contributed by atoms with van der Waals surface area (Å²) in [6.45, 7) is 9.04. The van der Waals surface area contributed by atoms with E-state index in [0.717, 1.165) is 31.5 Å². The molecule has 0 unspecified atom stereocenters. The third kappa shape index (κ3) is 6.57. The van der Waals surface area contributed by atoms with Gasteiger partial charge in [0.2, 0.25) is 0 Å². The van der Waals surface area contributed by atoms with Crippen molar-refractivity contribution < 1.29 is 28.5 Å². The fraction of sp³-hybridized carbons (Fsp3) is 0.394. The minimum absolute atomic E-state index is 0.0477. The Labute approximate surface area is 259 Å². The molecule has 44 heavy (non-hydrogen) atoms. The van der Waals surface area contributed by atoms with Gasteiger partial charge in [-0.2, -0.15) is 0 Å². The predicted molar refractivity (Wildman–Crippen MR) is 167 cm³/mol. The Balaban J connectivity index is 1.52. The van der Waals surface area contributed by atoms with Gasteiger partial charge in [-0.1, -0.05) is 29.5 Å². The number of likely N-dealkylation sites (tertiary alicyclic amines) is 1. The van der Waals surface area contributed by atoms with Crippen molar-refractivity contribution in [3.05, 3.63) is 84.5 Å². The van der Waals surface area contributed by atoms with Crippen molar-refractivity contribution in [3.63, 3.8) is 0 Å². The molecule has 0 aliphatic carbocycles. The van der Waals surface area contributed by atoms with Gasteiger partial charge in [-0.25, -0.2) is 9.79 Å². The van der Waals surface area contributed by atoms with Crippen molar-refractivity contribution in [1.29, 1.82) is 0 Å². The number of nitrogens with zero attached hydrogens (tertiary/aromatic N) is 3. The molecule has 232 valence electrons. The Hall–Kier alpha value is -4.38. The Morgan fingerprint density at radius 1 is 1.07 bits per heavy atom. The Morgan fingerprint density at radius 2 is 1.80 bits per heavy atom. The number of esters is 1.